The van der Waals surface area contributed by atoms with Gasteiger partial charge >= 0.3 is 5.97 Å². The number of aliphatic carboxylic acids is 1. The number of nitrogens with zero attached hydrogens (tertiary/aromatic N) is 4. The maximum atomic E-state index is 14.0. The molecule has 0 aromatic rings. The van der Waals surface area contributed by atoms with Crippen LogP contribution in [0.25, 0.3) is 0 Å². The number of carboxylic acid groups (broad SMARTS) is 1. The Hall–Kier alpha value is -2.20. The normalized spacial score (nSPS) is 26.5. The van der Waals surface area contributed by atoms with Gasteiger partial charge in [0, 0.05) is 26.2 Å². The second kappa shape index (κ2) is 13.0. The molecule has 10 nitrogen and oxygen atoms in total. The molecule has 5 atom stereocenters. The molecule has 10 heteroatoms. The molecule has 0 radical (unpaired) electrons. The number of hydrogen-bond donors (Lipinski definition) is 2. The van der Waals surface area contributed by atoms with Crippen molar-refractivity contribution in [2.75, 3.05) is 40.3 Å². The van der Waals surface area contributed by atoms with Gasteiger partial charge in [-0.25, -0.2) is 4.79 Å². The third-order valence-electron chi connectivity index (χ3n) is 8.98. The van der Waals surface area contributed by atoms with Crippen molar-refractivity contribution in [3.8, 4) is 0 Å². The van der Waals surface area contributed by atoms with Gasteiger partial charge in [-0.3, -0.25) is 24.2 Å². The number of likely N-dealkylation sites (N-methyl/N-ethyl adjacent to an activating group) is 2. The summed E-state index contributed by atoms with van der Waals surface area (Å²) in [6.07, 6.45) is 5.64. The fraction of sp³-hybridized carbons (Fsp3) is 0.862. The van der Waals surface area contributed by atoms with Crippen LogP contribution in [-0.4, -0.2) is 119 Å². The largest absolute Gasteiger partial charge is 0.480 e. The monoisotopic (exact) mass is 549 g/mol. The van der Waals surface area contributed by atoms with Gasteiger partial charge in [-0.2, -0.15) is 0 Å². The molecule has 0 saturated carbocycles. The van der Waals surface area contributed by atoms with Crippen LogP contribution in [-0.2, 0) is 19.2 Å². The van der Waals surface area contributed by atoms with Crippen LogP contribution in [0.2, 0.25) is 0 Å². The van der Waals surface area contributed by atoms with Crippen molar-refractivity contribution in [2.45, 2.75) is 110 Å². The zero-order chi connectivity index (χ0) is 29.1. The fourth-order valence-corrected chi connectivity index (χ4v) is 6.48. The molecule has 3 saturated heterocycles. The Morgan fingerprint density at radius 2 is 1.54 bits per heavy atom. The number of likely N-dealkylation sites (tertiary alicyclic amines) is 3. The molecule has 0 aromatic heterocycles. The average molecular weight is 550 g/mol. The highest BCUT2D eigenvalue weighted by molar-refractivity contribution is 5.90. The predicted molar refractivity (Wildman–Crippen MR) is 150 cm³/mol. The third-order valence-corrected chi connectivity index (χ3v) is 8.98. The smallest absolute Gasteiger partial charge is 0.326 e. The van der Waals surface area contributed by atoms with Crippen LogP contribution < -0.4 is 5.32 Å². The van der Waals surface area contributed by atoms with Crippen LogP contribution in [0.4, 0.5) is 0 Å². The molecule has 0 bridgehead atoms. The van der Waals surface area contributed by atoms with E-state index in [-0.39, 0.29) is 41.8 Å². The van der Waals surface area contributed by atoms with Crippen LogP contribution in [0.1, 0.15) is 79.6 Å². The van der Waals surface area contributed by atoms with Gasteiger partial charge in [0.05, 0.1) is 12.1 Å². The van der Waals surface area contributed by atoms with E-state index in [9.17, 15) is 24.3 Å². The lowest BCUT2D eigenvalue weighted by Gasteiger charge is -2.41. The second-order valence-electron chi connectivity index (χ2n) is 13.2. The number of carboxylic acids is 1. The molecule has 0 spiro atoms. The highest BCUT2D eigenvalue weighted by atomic mass is 16.4. The summed E-state index contributed by atoms with van der Waals surface area (Å²) >= 11 is 0. The van der Waals surface area contributed by atoms with E-state index >= 15 is 0 Å². The number of carbonyl (C=O) groups excluding carboxylic acids is 3. The molecule has 2 N–H and O–H groups in total. The summed E-state index contributed by atoms with van der Waals surface area (Å²) in [6.45, 7) is 12.7. The van der Waals surface area contributed by atoms with Crippen molar-refractivity contribution in [1.82, 2.24) is 24.9 Å². The van der Waals surface area contributed by atoms with E-state index in [1.165, 1.54) is 4.90 Å². The van der Waals surface area contributed by atoms with Crippen molar-refractivity contribution in [1.29, 1.82) is 0 Å². The van der Waals surface area contributed by atoms with Crippen molar-refractivity contribution in [2.24, 2.45) is 11.3 Å². The Morgan fingerprint density at radius 3 is 2.13 bits per heavy atom. The molecule has 3 fully saturated rings. The van der Waals surface area contributed by atoms with Crippen LogP contribution in [0.3, 0.4) is 0 Å². The summed E-state index contributed by atoms with van der Waals surface area (Å²) < 4.78 is 0. The Labute approximate surface area is 234 Å². The standard InChI is InChI=1S/C29H51N5O5/c1-19(2)23(18-33-16-10-13-21(33)26(36)34-17-11-14-22(34)28(38)39)32(7)27(37)24(29(3,4)5)30-25(35)20-12-8-9-15-31(20)6/h19-24H,8-18H2,1-7H3,(H,30,35)(H,38,39)/t20?,21-,22+,23+,24+/m0/s1. The third kappa shape index (κ3) is 7.31. The number of piperidine rings is 1. The van der Waals surface area contributed by atoms with Crippen LogP contribution in [0, 0.1) is 11.3 Å². The molecule has 1 unspecified atom stereocenters. The van der Waals surface area contributed by atoms with Crippen LogP contribution in [0.15, 0.2) is 0 Å². The zero-order valence-electron chi connectivity index (χ0n) is 25.1. The molecule has 0 aromatic carbocycles. The molecule has 0 aliphatic carbocycles. The van der Waals surface area contributed by atoms with Gasteiger partial charge in [0.25, 0.3) is 0 Å². The summed E-state index contributed by atoms with van der Waals surface area (Å²) in [5.41, 5.74) is -0.483. The van der Waals surface area contributed by atoms with Gasteiger partial charge in [0.2, 0.25) is 17.7 Å². The van der Waals surface area contributed by atoms with E-state index in [0.717, 1.165) is 38.8 Å². The van der Waals surface area contributed by atoms with E-state index in [0.29, 0.717) is 32.4 Å². The summed E-state index contributed by atoms with van der Waals surface area (Å²) in [7, 11) is 3.77. The minimum absolute atomic E-state index is 0.0937. The molecule has 3 heterocycles. The lowest BCUT2D eigenvalue weighted by Crippen LogP contribution is -2.61. The maximum absolute atomic E-state index is 14.0. The summed E-state index contributed by atoms with van der Waals surface area (Å²) in [6, 6.07) is -2.18. The van der Waals surface area contributed by atoms with Gasteiger partial charge in [0.15, 0.2) is 0 Å². The molecule has 3 amide bonds. The SMILES string of the molecule is CC(C)[C@@H](CN1CCC[C@H]1C(=O)N1CCC[C@@H]1C(=O)O)N(C)C(=O)[C@@H](NC(=O)C1CCCCN1C)C(C)(C)C. The molecule has 3 aliphatic rings. The Morgan fingerprint density at radius 1 is 0.923 bits per heavy atom. The van der Waals surface area contributed by atoms with Gasteiger partial charge in [-0.05, 0) is 70.0 Å². The maximum Gasteiger partial charge on any atom is 0.326 e. The lowest BCUT2D eigenvalue weighted by molar-refractivity contribution is -0.150. The van der Waals surface area contributed by atoms with E-state index in [4.69, 9.17) is 0 Å². The quantitative estimate of drug-likeness (QED) is 0.452. The lowest BCUT2D eigenvalue weighted by atomic mass is 9.84. The molecule has 3 aliphatic heterocycles. The highest BCUT2D eigenvalue weighted by Crippen LogP contribution is 2.28. The van der Waals surface area contributed by atoms with Crippen molar-refractivity contribution in [3.63, 3.8) is 0 Å². The number of rotatable bonds is 9. The predicted octanol–water partition coefficient (Wildman–Crippen LogP) is 2.02. The molecule has 222 valence electrons. The first-order valence-corrected chi connectivity index (χ1v) is 14.8. The second-order valence-corrected chi connectivity index (χ2v) is 13.2. The van der Waals surface area contributed by atoms with Crippen LogP contribution >= 0.6 is 0 Å². The Bertz CT molecular complexity index is 903. The molecular formula is C29H51N5O5. The van der Waals surface area contributed by atoms with Crippen molar-refractivity contribution >= 4 is 23.7 Å². The Kier molecular flexibility index (Phi) is 10.4. The molecular weight excluding hydrogens is 498 g/mol. The topological polar surface area (TPSA) is 113 Å². The van der Waals surface area contributed by atoms with Crippen molar-refractivity contribution in [3.05, 3.63) is 0 Å². The van der Waals surface area contributed by atoms with Gasteiger partial charge in [0.1, 0.15) is 12.1 Å². The van der Waals surface area contributed by atoms with E-state index in [1.807, 2.05) is 27.8 Å². The average Bonchev–Trinajstić information content (AvgIpc) is 3.54. The number of hydrogen-bond acceptors (Lipinski definition) is 6. The van der Waals surface area contributed by atoms with Gasteiger partial charge < -0.3 is 20.2 Å². The minimum atomic E-state index is -0.939. The first kappa shape index (κ1) is 31.3. The number of amides is 3. The summed E-state index contributed by atoms with van der Waals surface area (Å²) in [4.78, 5) is 59.9. The van der Waals surface area contributed by atoms with E-state index < -0.39 is 23.5 Å². The summed E-state index contributed by atoms with van der Waals surface area (Å²) in [5, 5.41) is 12.7. The van der Waals surface area contributed by atoms with Crippen molar-refractivity contribution < 1.29 is 24.3 Å². The highest BCUT2D eigenvalue weighted by Gasteiger charge is 2.43. The zero-order valence-corrected chi connectivity index (χ0v) is 25.1. The number of nitrogens with one attached hydrogen (secondary N) is 1. The van der Waals surface area contributed by atoms with Gasteiger partial charge in [-0.15, -0.1) is 0 Å². The number of carbonyl (C=O) groups is 4. The first-order chi connectivity index (χ1) is 18.2. The van der Waals surface area contributed by atoms with E-state index in [1.54, 1.807) is 11.9 Å². The minimum Gasteiger partial charge on any atom is -0.480 e. The first-order valence-electron chi connectivity index (χ1n) is 14.8. The summed E-state index contributed by atoms with van der Waals surface area (Å²) in [5.74, 6) is -1.14. The fourth-order valence-electron chi connectivity index (χ4n) is 6.48. The Balaban J connectivity index is 1.74. The molecule has 39 heavy (non-hydrogen) atoms. The van der Waals surface area contributed by atoms with E-state index in [2.05, 4.69) is 29.0 Å². The molecule has 3 rings (SSSR count). The van der Waals surface area contributed by atoms with Crippen LogP contribution in [0.5, 0.6) is 0 Å². The van der Waals surface area contributed by atoms with Gasteiger partial charge in [-0.1, -0.05) is 41.0 Å².